The summed E-state index contributed by atoms with van der Waals surface area (Å²) in [5, 5.41) is 76.5. The molecule has 0 aromatic carbocycles. The van der Waals surface area contributed by atoms with E-state index < -0.39 is 74.2 Å². The lowest BCUT2D eigenvalue weighted by Crippen LogP contribution is -2.60. The Morgan fingerprint density at radius 1 is 0.400 bits per heavy atom. The second-order valence-electron chi connectivity index (χ2n) is 26.0. The second kappa shape index (κ2) is 62.5. The van der Waals surface area contributed by atoms with E-state index in [-0.39, 0.29) is 12.8 Å². The van der Waals surface area contributed by atoms with Gasteiger partial charge in [-0.1, -0.05) is 320 Å². The van der Waals surface area contributed by atoms with Gasteiger partial charge in [-0.3, -0.25) is 4.79 Å². The third-order valence-electron chi connectivity index (χ3n) is 17.9. The fraction of sp³-hybridized carbons (Fsp3) is 0.905. The molecule has 1 heterocycles. The molecule has 11 nitrogen and oxygen atoms in total. The third-order valence-corrected chi connectivity index (χ3v) is 17.9. The molecule has 11 heteroatoms. The molecule has 0 bridgehead atoms. The summed E-state index contributed by atoms with van der Waals surface area (Å²) in [7, 11) is 0. The lowest BCUT2D eigenvalue weighted by Gasteiger charge is -2.40. The number of nitrogens with one attached hydrogen (secondary N) is 1. The van der Waals surface area contributed by atoms with Crippen LogP contribution < -0.4 is 5.32 Å². The summed E-state index contributed by atoms with van der Waals surface area (Å²) in [5.41, 5.74) is 0. The van der Waals surface area contributed by atoms with E-state index in [0.29, 0.717) is 19.3 Å². The van der Waals surface area contributed by atoms with Crippen molar-refractivity contribution >= 4 is 5.91 Å². The van der Waals surface area contributed by atoms with Crippen LogP contribution in [0.15, 0.2) is 36.5 Å². The molecule has 1 fully saturated rings. The van der Waals surface area contributed by atoms with Gasteiger partial charge in [0.05, 0.1) is 25.4 Å². The van der Waals surface area contributed by atoms with Gasteiger partial charge in [0.1, 0.15) is 36.6 Å². The minimum Gasteiger partial charge on any atom is -0.394 e. The molecule has 9 unspecified atom stereocenters. The summed E-state index contributed by atoms with van der Waals surface area (Å²) < 4.78 is 11.2. The van der Waals surface area contributed by atoms with Crippen LogP contribution in [0.25, 0.3) is 0 Å². The zero-order valence-electron chi connectivity index (χ0n) is 55.6. The van der Waals surface area contributed by atoms with Crippen LogP contribution in [0.4, 0.5) is 0 Å². The smallest absolute Gasteiger partial charge is 0.249 e. The minimum atomic E-state index is -1.67. The largest absolute Gasteiger partial charge is 0.394 e. The van der Waals surface area contributed by atoms with Crippen molar-refractivity contribution in [3.63, 3.8) is 0 Å². The first-order valence-electron chi connectivity index (χ1n) is 36.9. The average Bonchev–Trinajstić information content (AvgIpc) is 3.51. The van der Waals surface area contributed by atoms with E-state index in [0.717, 1.165) is 38.5 Å². The predicted molar refractivity (Wildman–Crippen MR) is 358 cm³/mol. The zero-order valence-corrected chi connectivity index (χ0v) is 55.6. The number of aliphatic hydroxyl groups is 7. The first-order chi connectivity index (χ1) is 41.7. The van der Waals surface area contributed by atoms with E-state index >= 15 is 0 Å². The van der Waals surface area contributed by atoms with Crippen molar-refractivity contribution in [1.29, 1.82) is 0 Å². The molecule has 1 aliphatic rings. The fourth-order valence-corrected chi connectivity index (χ4v) is 12.0. The van der Waals surface area contributed by atoms with Crippen molar-refractivity contribution in [2.75, 3.05) is 13.2 Å². The van der Waals surface area contributed by atoms with Crippen LogP contribution in [0.1, 0.15) is 361 Å². The molecule has 0 saturated carbocycles. The maximum absolute atomic E-state index is 13.3. The molecule has 1 saturated heterocycles. The Morgan fingerprint density at radius 2 is 0.706 bits per heavy atom. The summed E-state index contributed by atoms with van der Waals surface area (Å²) in [6, 6.07) is -1.19. The Hall–Kier alpha value is -1.67. The van der Waals surface area contributed by atoms with Gasteiger partial charge < -0.3 is 50.5 Å². The topological polar surface area (TPSA) is 189 Å². The number of rotatable bonds is 65. The summed E-state index contributed by atoms with van der Waals surface area (Å²) >= 11 is 0. The lowest BCUT2D eigenvalue weighted by molar-refractivity contribution is -0.303. The standard InChI is InChI=1S/C74H141NO10/c1-3-5-7-9-11-13-15-17-19-21-23-25-27-29-31-33-34-36-38-40-42-44-46-48-50-52-54-56-58-60-62-67(78)73(83)75-65(64-84-74-72(82)71(81)70(80)68(63-76)85-74)69(79)66(77)61-59-57-55-53-51-49-47-45-43-41-39-37-35-32-30-28-26-24-22-20-18-16-14-12-10-8-6-4-2/h29,31,45,47,53,55,65-72,74,76-82H,3-28,30,32-44,46,48-52,54,56-64H2,1-2H3,(H,75,83)/b31-29-,47-45+,55-53+. The Kier molecular flexibility index (Phi) is 59.8. The van der Waals surface area contributed by atoms with Crippen molar-refractivity contribution < 1.29 is 50.0 Å². The molecule has 502 valence electrons. The highest BCUT2D eigenvalue weighted by Crippen LogP contribution is 2.24. The lowest BCUT2D eigenvalue weighted by atomic mass is 9.98. The highest BCUT2D eigenvalue weighted by atomic mass is 16.7. The third kappa shape index (κ3) is 49.8. The Bertz CT molecular complexity index is 1480. The summed E-state index contributed by atoms with van der Waals surface area (Å²) in [5.74, 6) is -0.705. The van der Waals surface area contributed by atoms with Crippen molar-refractivity contribution in [3.05, 3.63) is 36.5 Å². The molecule has 9 atom stereocenters. The van der Waals surface area contributed by atoms with Gasteiger partial charge in [-0.15, -0.1) is 0 Å². The van der Waals surface area contributed by atoms with E-state index in [1.165, 1.54) is 276 Å². The predicted octanol–water partition coefficient (Wildman–Crippen LogP) is 18.1. The highest BCUT2D eigenvalue weighted by Gasteiger charge is 2.44. The van der Waals surface area contributed by atoms with Gasteiger partial charge in [0.25, 0.3) is 0 Å². The van der Waals surface area contributed by atoms with Crippen molar-refractivity contribution in [2.24, 2.45) is 0 Å². The number of ether oxygens (including phenoxy) is 2. The van der Waals surface area contributed by atoms with Crippen LogP contribution in [0, 0.1) is 0 Å². The van der Waals surface area contributed by atoms with Crippen LogP contribution in [-0.4, -0.2) is 110 Å². The number of allylic oxidation sites excluding steroid dienone is 6. The number of hydrogen-bond donors (Lipinski definition) is 8. The number of unbranched alkanes of at least 4 members (excludes halogenated alkanes) is 47. The molecule has 1 amide bonds. The van der Waals surface area contributed by atoms with Crippen molar-refractivity contribution in [2.45, 2.75) is 416 Å². The van der Waals surface area contributed by atoms with Gasteiger partial charge >= 0.3 is 0 Å². The van der Waals surface area contributed by atoms with Crippen molar-refractivity contribution in [3.8, 4) is 0 Å². The monoisotopic (exact) mass is 1200 g/mol. The van der Waals surface area contributed by atoms with Crippen LogP contribution in [0.3, 0.4) is 0 Å². The van der Waals surface area contributed by atoms with Gasteiger partial charge in [-0.25, -0.2) is 0 Å². The second-order valence-corrected chi connectivity index (χ2v) is 26.0. The van der Waals surface area contributed by atoms with E-state index in [1.54, 1.807) is 0 Å². The number of carbonyl (C=O) groups is 1. The SMILES string of the molecule is CCCCCCCCCCCCCC/C=C\CCCCCCCCCCCCCCCCC(O)C(=O)NC(COC1OC(CO)C(O)C(O)C1O)C(O)C(O)CCC/C=C/CC/C=C/CCCCCCCCCCCCCCCCCCCCC. The zero-order chi connectivity index (χ0) is 61.7. The Morgan fingerprint density at radius 3 is 1.05 bits per heavy atom. The van der Waals surface area contributed by atoms with E-state index in [9.17, 15) is 40.5 Å². The summed E-state index contributed by atoms with van der Waals surface area (Å²) in [6.45, 7) is 3.50. The quantitative estimate of drug-likeness (QED) is 0.0215. The number of hydrogen-bond acceptors (Lipinski definition) is 10. The van der Waals surface area contributed by atoms with Crippen LogP contribution >= 0.6 is 0 Å². The Labute approximate surface area is 524 Å². The maximum Gasteiger partial charge on any atom is 0.249 e. The van der Waals surface area contributed by atoms with Crippen molar-refractivity contribution in [1.82, 2.24) is 5.32 Å². The highest BCUT2D eigenvalue weighted by molar-refractivity contribution is 5.80. The Balaban J connectivity index is 2.20. The number of carbonyl (C=O) groups excluding carboxylic acids is 1. The van der Waals surface area contributed by atoms with E-state index in [1.807, 2.05) is 0 Å². The summed E-state index contributed by atoms with van der Waals surface area (Å²) in [6.07, 6.45) is 69.6. The molecule has 0 aliphatic carbocycles. The first-order valence-corrected chi connectivity index (χ1v) is 36.9. The molecule has 8 N–H and O–H groups in total. The van der Waals surface area contributed by atoms with Crippen LogP contribution in [0.2, 0.25) is 0 Å². The molecule has 0 spiro atoms. The van der Waals surface area contributed by atoms with Crippen LogP contribution in [0.5, 0.6) is 0 Å². The molecule has 85 heavy (non-hydrogen) atoms. The summed E-state index contributed by atoms with van der Waals surface area (Å²) in [4.78, 5) is 13.3. The van der Waals surface area contributed by atoms with E-state index in [4.69, 9.17) is 9.47 Å². The normalized spacial score (nSPS) is 19.0. The number of amides is 1. The molecule has 0 aromatic heterocycles. The fourth-order valence-electron chi connectivity index (χ4n) is 12.0. The molecule has 1 rings (SSSR count). The molecule has 0 aromatic rings. The minimum absolute atomic E-state index is 0.248. The molecular formula is C74H141NO10. The van der Waals surface area contributed by atoms with Gasteiger partial charge in [-0.2, -0.15) is 0 Å². The van der Waals surface area contributed by atoms with E-state index in [2.05, 4.69) is 55.6 Å². The van der Waals surface area contributed by atoms with Crippen LogP contribution in [-0.2, 0) is 14.3 Å². The van der Waals surface area contributed by atoms with Gasteiger partial charge in [0, 0.05) is 0 Å². The molecule has 1 aliphatic heterocycles. The average molecular weight is 1200 g/mol. The van der Waals surface area contributed by atoms with Gasteiger partial charge in [-0.05, 0) is 77.0 Å². The maximum atomic E-state index is 13.3. The van der Waals surface area contributed by atoms with Gasteiger partial charge in [0.2, 0.25) is 5.91 Å². The first kappa shape index (κ1) is 81.3. The molecule has 0 radical (unpaired) electrons. The number of aliphatic hydroxyl groups excluding tert-OH is 7. The van der Waals surface area contributed by atoms with Gasteiger partial charge in [0.15, 0.2) is 6.29 Å². The molecular weight excluding hydrogens is 1060 g/mol.